The molecule has 0 saturated heterocycles. The van der Waals surface area contributed by atoms with Crippen LogP contribution in [-0.4, -0.2) is 19.1 Å². The quantitative estimate of drug-likeness (QED) is 0.775. The summed E-state index contributed by atoms with van der Waals surface area (Å²) in [6.45, 7) is 3.26. The molecule has 0 fully saturated rings. The second-order valence-corrected chi connectivity index (χ2v) is 6.00. The number of ether oxygens (including phenoxy) is 1. The topological polar surface area (TPSA) is 29.5 Å². The number of nitrogens with zero attached hydrogens (tertiary/aromatic N) is 1. The van der Waals surface area contributed by atoms with E-state index in [-0.39, 0.29) is 5.91 Å². The molecule has 0 atom stereocenters. The number of fused-ring (bicyclic) bond motifs is 1. The van der Waals surface area contributed by atoms with Crippen LogP contribution in [0.2, 0.25) is 0 Å². The lowest BCUT2D eigenvalue weighted by molar-refractivity contribution is 0.0986. The van der Waals surface area contributed by atoms with E-state index in [9.17, 15) is 4.79 Å². The largest absolute Gasteiger partial charge is 0.491 e. The Kier molecular flexibility index (Phi) is 3.97. The molecule has 0 aromatic heterocycles. The van der Waals surface area contributed by atoms with Crippen LogP contribution in [0.5, 0.6) is 5.75 Å². The van der Waals surface area contributed by atoms with Gasteiger partial charge in [-0.2, -0.15) is 0 Å². The van der Waals surface area contributed by atoms with Gasteiger partial charge in [-0.15, -0.1) is 0 Å². The summed E-state index contributed by atoms with van der Waals surface area (Å²) in [6, 6.07) is 13.5. The predicted octanol–water partition coefficient (Wildman–Crippen LogP) is 4.19. The van der Waals surface area contributed by atoms with E-state index in [4.69, 9.17) is 4.74 Å². The first-order chi connectivity index (χ1) is 10.2. The van der Waals surface area contributed by atoms with Gasteiger partial charge in [0.1, 0.15) is 5.75 Å². The number of benzene rings is 2. The Morgan fingerprint density at radius 3 is 2.90 bits per heavy atom. The Bertz CT molecular complexity index is 684. The predicted molar refractivity (Wildman–Crippen MR) is 87.1 cm³/mol. The van der Waals surface area contributed by atoms with E-state index in [0.717, 1.165) is 33.5 Å². The smallest absolute Gasteiger partial charge is 0.258 e. The average Bonchev–Trinajstić information content (AvgIpc) is 2.71. The van der Waals surface area contributed by atoms with Gasteiger partial charge in [0, 0.05) is 16.6 Å². The summed E-state index contributed by atoms with van der Waals surface area (Å²) < 4.78 is 6.63. The van der Waals surface area contributed by atoms with Crippen LogP contribution in [0.1, 0.15) is 22.3 Å². The van der Waals surface area contributed by atoms with Crippen LogP contribution in [0.4, 0.5) is 5.69 Å². The minimum atomic E-state index is 0.0201. The standard InChI is InChI=1S/C17H16BrNO2/c1-12-7-8-13(18)11-14(12)17(20)19-9-4-10-21-16-6-3-2-5-15(16)19/h2-3,5-8,11H,4,9-10H2,1H3. The van der Waals surface area contributed by atoms with E-state index in [1.165, 1.54) is 0 Å². The fraction of sp³-hybridized carbons (Fsp3) is 0.235. The molecule has 108 valence electrons. The van der Waals surface area contributed by atoms with Crippen molar-refractivity contribution in [2.45, 2.75) is 13.3 Å². The number of carbonyl (C=O) groups excluding carboxylic acids is 1. The van der Waals surface area contributed by atoms with Gasteiger partial charge < -0.3 is 9.64 Å². The van der Waals surface area contributed by atoms with E-state index in [0.29, 0.717) is 13.2 Å². The molecule has 2 aromatic rings. The molecule has 0 N–H and O–H groups in total. The lowest BCUT2D eigenvalue weighted by atomic mass is 10.1. The third-order valence-electron chi connectivity index (χ3n) is 3.61. The van der Waals surface area contributed by atoms with Crippen LogP contribution in [-0.2, 0) is 0 Å². The highest BCUT2D eigenvalue weighted by Crippen LogP contribution is 2.32. The van der Waals surface area contributed by atoms with Gasteiger partial charge in [0.05, 0.1) is 12.3 Å². The van der Waals surface area contributed by atoms with Gasteiger partial charge in [-0.3, -0.25) is 4.79 Å². The monoisotopic (exact) mass is 345 g/mol. The molecule has 1 heterocycles. The van der Waals surface area contributed by atoms with E-state index in [2.05, 4.69) is 15.9 Å². The molecule has 3 rings (SSSR count). The highest BCUT2D eigenvalue weighted by atomic mass is 79.9. The van der Waals surface area contributed by atoms with Gasteiger partial charge in [-0.25, -0.2) is 0 Å². The van der Waals surface area contributed by atoms with Crippen LogP contribution in [0.15, 0.2) is 46.9 Å². The van der Waals surface area contributed by atoms with Crippen molar-refractivity contribution >= 4 is 27.5 Å². The molecule has 2 aromatic carbocycles. The van der Waals surface area contributed by atoms with Crippen molar-refractivity contribution in [2.24, 2.45) is 0 Å². The van der Waals surface area contributed by atoms with Crippen LogP contribution in [0.25, 0.3) is 0 Å². The molecule has 1 aliphatic heterocycles. The van der Waals surface area contributed by atoms with Crippen LogP contribution >= 0.6 is 15.9 Å². The first-order valence-electron chi connectivity index (χ1n) is 6.96. The summed E-state index contributed by atoms with van der Waals surface area (Å²) in [6.07, 6.45) is 0.827. The van der Waals surface area contributed by atoms with Crippen molar-refractivity contribution in [3.63, 3.8) is 0 Å². The molecule has 0 unspecified atom stereocenters. The molecule has 1 amide bonds. The molecule has 0 bridgehead atoms. The lowest BCUT2D eigenvalue weighted by Crippen LogP contribution is -2.32. The number of carbonyl (C=O) groups is 1. The molecule has 0 saturated carbocycles. The van der Waals surface area contributed by atoms with Gasteiger partial charge >= 0.3 is 0 Å². The normalized spacial score (nSPS) is 14.1. The zero-order valence-corrected chi connectivity index (χ0v) is 13.4. The van der Waals surface area contributed by atoms with Crippen molar-refractivity contribution in [1.29, 1.82) is 0 Å². The van der Waals surface area contributed by atoms with Crippen molar-refractivity contribution in [1.82, 2.24) is 0 Å². The number of para-hydroxylation sites is 2. The zero-order chi connectivity index (χ0) is 14.8. The lowest BCUT2D eigenvalue weighted by Gasteiger charge is -2.22. The Hall–Kier alpha value is -1.81. The zero-order valence-electron chi connectivity index (χ0n) is 11.8. The van der Waals surface area contributed by atoms with E-state index in [1.54, 1.807) is 0 Å². The van der Waals surface area contributed by atoms with Crippen LogP contribution < -0.4 is 9.64 Å². The SMILES string of the molecule is Cc1ccc(Br)cc1C(=O)N1CCCOc2ccccc21. The number of hydrogen-bond donors (Lipinski definition) is 0. The van der Waals surface area contributed by atoms with E-state index >= 15 is 0 Å². The fourth-order valence-corrected chi connectivity index (χ4v) is 2.87. The third kappa shape index (κ3) is 2.81. The van der Waals surface area contributed by atoms with Gasteiger partial charge in [0.25, 0.3) is 5.91 Å². The van der Waals surface area contributed by atoms with Gasteiger partial charge in [0.2, 0.25) is 0 Å². The number of amides is 1. The molecule has 1 aliphatic rings. The molecular formula is C17H16BrNO2. The summed E-state index contributed by atoms with van der Waals surface area (Å²) in [5.41, 5.74) is 2.55. The maximum atomic E-state index is 12.9. The van der Waals surface area contributed by atoms with Gasteiger partial charge in [0.15, 0.2) is 0 Å². The van der Waals surface area contributed by atoms with Crippen molar-refractivity contribution < 1.29 is 9.53 Å². The first kappa shape index (κ1) is 14.1. The summed E-state index contributed by atoms with van der Waals surface area (Å²) in [4.78, 5) is 14.8. The first-order valence-corrected chi connectivity index (χ1v) is 7.76. The second-order valence-electron chi connectivity index (χ2n) is 5.09. The highest BCUT2D eigenvalue weighted by molar-refractivity contribution is 9.10. The molecule has 0 aliphatic carbocycles. The molecule has 4 heteroatoms. The molecular weight excluding hydrogens is 330 g/mol. The maximum absolute atomic E-state index is 12.9. The Morgan fingerprint density at radius 2 is 2.05 bits per heavy atom. The number of aryl methyl sites for hydroxylation is 1. The average molecular weight is 346 g/mol. The Labute approximate surface area is 132 Å². The highest BCUT2D eigenvalue weighted by Gasteiger charge is 2.24. The van der Waals surface area contributed by atoms with Crippen LogP contribution in [0, 0.1) is 6.92 Å². The Balaban J connectivity index is 2.03. The minimum Gasteiger partial charge on any atom is -0.491 e. The maximum Gasteiger partial charge on any atom is 0.258 e. The van der Waals surface area contributed by atoms with E-state index < -0.39 is 0 Å². The number of halogens is 1. The minimum absolute atomic E-state index is 0.0201. The summed E-state index contributed by atoms with van der Waals surface area (Å²) in [5, 5.41) is 0. The summed E-state index contributed by atoms with van der Waals surface area (Å²) in [7, 11) is 0. The van der Waals surface area contributed by atoms with Crippen molar-refractivity contribution in [3.05, 3.63) is 58.1 Å². The molecule has 0 spiro atoms. The number of hydrogen-bond acceptors (Lipinski definition) is 2. The fourth-order valence-electron chi connectivity index (χ4n) is 2.51. The van der Waals surface area contributed by atoms with Gasteiger partial charge in [-0.1, -0.05) is 34.1 Å². The second kappa shape index (κ2) is 5.90. The summed E-state index contributed by atoms with van der Waals surface area (Å²) in [5.74, 6) is 0.794. The van der Waals surface area contributed by atoms with Crippen LogP contribution in [0.3, 0.4) is 0 Å². The third-order valence-corrected chi connectivity index (χ3v) is 4.11. The molecule has 0 radical (unpaired) electrons. The van der Waals surface area contributed by atoms with E-state index in [1.807, 2.05) is 54.3 Å². The number of anilines is 1. The molecule has 21 heavy (non-hydrogen) atoms. The Morgan fingerprint density at radius 1 is 1.24 bits per heavy atom. The summed E-state index contributed by atoms with van der Waals surface area (Å²) >= 11 is 3.44. The van der Waals surface area contributed by atoms with Crippen molar-refractivity contribution in [3.8, 4) is 5.75 Å². The molecule has 3 nitrogen and oxygen atoms in total. The van der Waals surface area contributed by atoms with Crippen molar-refractivity contribution in [2.75, 3.05) is 18.1 Å². The van der Waals surface area contributed by atoms with Gasteiger partial charge in [-0.05, 0) is 43.2 Å². The number of rotatable bonds is 1.